The van der Waals surface area contributed by atoms with E-state index in [9.17, 15) is 9.59 Å². The highest BCUT2D eigenvalue weighted by atomic mass is 35.5. The molecule has 2 atom stereocenters. The molecule has 1 aliphatic rings. The number of pyridine rings is 1. The summed E-state index contributed by atoms with van der Waals surface area (Å²) >= 11 is 0. The lowest BCUT2D eigenvalue weighted by Gasteiger charge is -2.36. The second-order valence-electron chi connectivity index (χ2n) is 11.3. The minimum Gasteiger partial charge on any atom is -1.00 e. The Kier molecular flexibility index (Phi) is 22.0. The van der Waals surface area contributed by atoms with Gasteiger partial charge in [-0.1, -0.05) is 103 Å². The van der Waals surface area contributed by atoms with Gasteiger partial charge in [0.1, 0.15) is 25.8 Å². The number of carbonyl (C=O) groups excluding carboxylic acids is 2. The number of hydrogen-bond acceptors (Lipinski definition) is 5. The number of carbonyl (C=O) groups is 2. The number of rotatable bonds is 23. The molecule has 242 valence electrons. The molecule has 2 rings (SSSR count). The number of halogens is 1. The summed E-state index contributed by atoms with van der Waals surface area (Å²) in [6, 6.07) is 4.06. The average molecular weight is 612 g/mol. The van der Waals surface area contributed by atoms with Gasteiger partial charge in [0.25, 0.3) is 0 Å². The van der Waals surface area contributed by atoms with Crippen molar-refractivity contribution in [1.29, 1.82) is 0 Å². The summed E-state index contributed by atoms with van der Waals surface area (Å²) < 4.78 is 18.0. The van der Waals surface area contributed by atoms with Crippen LogP contribution in [0.15, 0.2) is 18.3 Å². The largest absolute Gasteiger partial charge is 1.00 e. The lowest BCUT2D eigenvalue weighted by molar-refractivity contribution is -0.701. The number of aromatic nitrogens is 1. The number of ether oxygens (including phenoxy) is 3. The van der Waals surface area contributed by atoms with Crippen LogP contribution < -0.4 is 27.6 Å². The molecule has 0 bridgehead atoms. The van der Waals surface area contributed by atoms with Crippen molar-refractivity contribution in [3.8, 4) is 0 Å². The number of alkyl carbamates (subject to hydrolysis) is 2. The fourth-order valence-corrected chi connectivity index (χ4v) is 5.52. The summed E-state index contributed by atoms with van der Waals surface area (Å²) in [5.41, 5.74) is 2.10. The third-order valence-corrected chi connectivity index (χ3v) is 8.16. The van der Waals surface area contributed by atoms with E-state index in [0.29, 0.717) is 19.7 Å². The van der Waals surface area contributed by atoms with E-state index in [1.165, 1.54) is 97.0 Å². The van der Waals surface area contributed by atoms with Crippen LogP contribution in [0.25, 0.3) is 0 Å². The number of methoxy groups -OCH3 is 1. The van der Waals surface area contributed by atoms with Crippen LogP contribution >= 0.6 is 0 Å². The molecular formula is C33H58ClN3O5. The van der Waals surface area contributed by atoms with Gasteiger partial charge in [0, 0.05) is 24.1 Å². The first kappa shape index (κ1) is 38.0. The van der Waals surface area contributed by atoms with Gasteiger partial charge in [0.2, 0.25) is 5.69 Å². The summed E-state index contributed by atoms with van der Waals surface area (Å²) in [5, 5.41) is 5.66. The smallest absolute Gasteiger partial charge is 0.407 e. The van der Waals surface area contributed by atoms with Gasteiger partial charge in [-0.25, -0.2) is 14.2 Å². The molecule has 0 aromatic carbocycles. The molecule has 2 unspecified atom stereocenters. The van der Waals surface area contributed by atoms with Crippen LogP contribution in [0.4, 0.5) is 9.59 Å². The lowest BCUT2D eigenvalue weighted by Crippen LogP contribution is -3.00. The Bertz CT molecular complexity index is 857. The zero-order chi connectivity index (χ0) is 29.5. The van der Waals surface area contributed by atoms with E-state index in [1.54, 1.807) is 0 Å². The maximum absolute atomic E-state index is 12.2. The van der Waals surface area contributed by atoms with Crippen molar-refractivity contribution in [3.05, 3.63) is 29.6 Å². The van der Waals surface area contributed by atoms with E-state index in [4.69, 9.17) is 14.2 Å². The number of nitrogens with one attached hydrogen (secondary N) is 2. The number of amides is 2. The standard InChI is InChI=1S/C33H57N3O5.ClH/c1-4-6-7-8-9-10-11-12-13-14-15-16-17-18-19-20-23-34-33(38)41-27-31-29(26-40-31)28-22-21-24-36(5-2)30(28)25-35-32(37)39-3;/h21-22,24,29,31H,4-20,23,25-27H2,1-3H3,(H-,34,35,37,38);1H. The van der Waals surface area contributed by atoms with Crippen molar-refractivity contribution in [2.45, 2.75) is 142 Å². The summed E-state index contributed by atoms with van der Waals surface area (Å²) in [6.07, 6.45) is 22.3. The zero-order valence-corrected chi connectivity index (χ0v) is 27.4. The van der Waals surface area contributed by atoms with Crippen molar-refractivity contribution in [2.75, 3.05) is 26.9 Å². The normalized spacial score (nSPS) is 15.8. The Morgan fingerprint density at radius 3 is 1.93 bits per heavy atom. The van der Waals surface area contributed by atoms with E-state index in [-0.39, 0.29) is 37.1 Å². The van der Waals surface area contributed by atoms with E-state index >= 15 is 0 Å². The molecule has 0 aliphatic carbocycles. The molecule has 1 saturated heterocycles. The average Bonchev–Trinajstić information content (AvgIpc) is 2.97. The van der Waals surface area contributed by atoms with Crippen LogP contribution in [-0.4, -0.2) is 45.2 Å². The van der Waals surface area contributed by atoms with E-state index in [1.807, 2.05) is 12.3 Å². The number of hydrogen-bond donors (Lipinski definition) is 2. The van der Waals surface area contributed by atoms with Crippen molar-refractivity contribution >= 4 is 12.2 Å². The molecular weight excluding hydrogens is 554 g/mol. The first-order chi connectivity index (χ1) is 20.1. The molecule has 1 aromatic rings. The second-order valence-corrected chi connectivity index (χ2v) is 11.3. The number of nitrogens with zero attached hydrogens (tertiary/aromatic N) is 1. The Morgan fingerprint density at radius 2 is 1.43 bits per heavy atom. The summed E-state index contributed by atoms with van der Waals surface area (Å²) in [7, 11) is 1.35. The predicted octanol–water partition coefficient (Wildman–Crippen LogP) is 4.32. The highest BCUT2D eigenvalue weighted by molar-refractivity contribution is 5.67. The Balaban J connectivity index is 0.00000882. The summed E-state index contributed by atoms with van der Waals surface area (Å²) in [4.78, 5) is 23.8. The highest BCUT2D eigenvalue weighted by Gasteiger charge is 2.38. The molecule has 0 spiro atoms. The Morgan fingerprint density at radius 1 is 0.857 bits per heavy atom. The second kappa shape index (κ2) is 24.4. The maximum Gasteiger partial charge on any atom is 0.407 e. The van der Waals surface area contributed by atoms with Crippen LogP contribution in [0.1, 0.15) is 134 Å². The summed E-state index contributed by atoms with van der Waals surface area (Å²) in [5.74, 6) is 0.108. The molecule has 0 radical (unpaired) electrons. The topological polar surface area (TPSA) is 89.8 Å². The monoisotopic (exact) mass is 611 g/mol. The third-order valence-electron chi connectivity index (χ3n) is 8.16. The van der Waals surface area contributed by atoms with Gasteiger partial charge in [0.05, 0.1) is 13.7 Å². The van der Waals surface area contributed by atoms with Gasteiger partial charge < -0.3 is 37.3 Å². The molecule has 0 saturated carbocycles. The minimum atomic E-state index is -0.465. The zero-order valence-electron chi connectivity index (χ0n) is 26.6. The number of unbranched alkanes of at least 4 members (excludes halogenated alkanes) is 15. The fraction of sp³-hybridized carbons (Fsp3) is 0.788. The lowest BCUT2D eigenvalue weighted by atomic mass is 9.88. The molecule has 1 aromatic heterocycles. The molecule has 2 heterocycles. The quantitative estimate of drug-likeness (QED) is 0.142. The molecule has 1 fully saturated rings. The molecule has 2 amide bonds. The van der Waals surface area contributed by atoms with Gasteiger partial charge >= 0.3 is 12.2 Å². The third kappa shape index (κ3) is 15.4. The highest BCUT2D eigenvalue weighted by Crippen LogP contribution is 2.32. The van der Waals surface area contributed by atoms with Crippen LogP contribution in [0.5, 0.6) is 0 Å². The van der Waals surface area contributed by atoms with Gasteiger partial charge in [0.15, 0.2) is 6.20 Å². The Labute approximate surface area is 261 Å². The van der Waals surface area contributed by atoms with Crippen molar-refractivity contribution < 1.29 is 40.8 Å². The maximum atomic E-state index is 12.2. The van der Waals surface area contributed by atoms with E-state index < -0.39 is 6.09 Å². The van der Waals surface area contributed by atoms with Crippen LogP contribution in [-0.2, 0) is 27.3 Å². The minimum absolute atomic E-state index is 0. The number of aryl methyl sites for hydroxylation is 1. The fourth-order valence-electron chi connectivity index (χ4n) is 5.52. The van der Waals surface area contributed by atoms with Crippen molar-refractivity contribution in [3.63, 3.8) is 0 Å². The molecule has 9 heteroatoms. The molecule has 42 heavy (non-hydrogen) atoms. The van der Waals surface area contributed by atoms with Gasteiger partial charge in [-0.2, -0.15) is 0 Å². The van der Waals surface area contributed by atoms with E-state index in [0.717, 1.165) is 30.6 Å². The first-order valence-corrected chi connectivity index (χ1v) is 16.5. The van der Waals surface area contributed by atoms with Gasteiger partial charge in [-0.3, -0.25) is 0 Å². The molecule has 2 N–H and O–H groups in total. The predicted molar refractivity (Wildman–Crippen MR) is 163 cm³/mol. The van der Waals surface area contributed by atoms with Gasteiger partial charge in [-0.15, -0.1) is 0 Å². The first-order valence-electron chi connectivity index (χ1n) is 16.5. The van der Waals surface area contributed by atoms with Gasteiger partial charge in [-0.05, 0) is 19.4 Å². The SMILES string of the molecule is CCCCCCCCCCCCCCCCCCNC(=O)OCC1OCC1c1ccc[n+](CC)c1CNC(=O)OC.[Cl-]. The van der Waals surface area contributed by atoms with Crippen molar-refractivity contribution in [1.82, 2.24) is 10.6 Å². The van der Waals surface area contributed by atoms with Crippen LogP contribution in [0.3, 0.4) is 0 Å². The molecule has 1 aliphatic heterocycles. The van der Waals surface area contributed by atoms with Crippen LogP contribution in [0, 0.1) is 0 Å². The van der Waals surface area contributed by atoms with Crippen molar-refractivity contribution in [2.24, 2.45) is 0 Å². The van der Waals surface area contributed by atoms with E-state index in [2.05, 4.69) is 35.1 Å². The summed E-state index contributed by atoms with van der Waals surface area (Å²) in [6.45, 7) is 6.90. The Hall–Kier alpha value is -2.06. The molecule has 8 nitrogen and oxygen atoms in total. The van der Waals surface area contributed by atoms with Crippen LogP contribution in [0.2, 0.25) is 0 Å².